The molecule has 0 saturated carbocycles. The van der Waals surface area contributed by atoms with Gasteiger partial charge in [0.05, 0.1) is 17.0 Å². The second kappa shape index (κ2) is 7.48. The summed E-state index contributed by atoms with van der Waals surface area (Å²) >= 11 is 5.93. The molecule has 0 spiro atoms. The van der Waals surface area contributed by atoms with Crippen molar-refractivity contribution in [3.05, 3.63) is 64.7 Å². The molecule has 0 saturated heterocycles. The van der Waals surface area contributed by atoms with E-state index in [1.165, 1.54) is 12.1 Å². The molecule has 7 heteroatoms. The van der Waals surface area contributed by atoms with Crippen LogP contribution in [0.15, 0.2) is 48.5 Å². The fraction of sp³-hybridized carbons (Fsp3) is 0.188. The normalized spacial score (nSPS) is 11.0. The van der Waals surface area contributed by atoms with Crippen molar-refractivity contribution >= 4 is 33.2 Å². The molecule has 0 radical (unpaired) electrons. The maximum atomic E-state index is 12.1. The van der Waals surface area contributed by atoms with Crippen molar-refractivity contribution in [2.75, 3.05) is 17.5 Å². The third-order valence-corrected chi connectivity index (χ3v) is 3.99. The average Bonchev–Trinajstić information content (AvgIpc) is 2.49. The molecule has 0 fully saturated rings. The molecule has 2 aromatic rings. The Morgan fingerprint density at radius 3 is 2.48 bits per heavy atom. The van der Waals surface area contributed by atoms with Gasteiger partial charge in [0.2, 0.25) is 10.0 Å². The molecule has 2 N–H and O–H groups in total. The van der Waals surface area contributed by atoms with Crippen molar-refractivity contribution in [2.24, 2.45) is 0 Å². The van der Waals surface area contributed by atoms with E-state index in [9.17, 15) is 13.2 Å². The summed E-state index contributed by atoms with van der Waals surface area (Å²) in [7, 11) is -3.46. The molecule has 0 unspecified atom stereocenters. The number of anilines is 1. The van der Waals surface area contributed by atoms with Crippen LogP contribution in [0, 0.1) is 0 Å². The van der Waals surface area contributed by atoms with Crippen molar-refractivity contribution in [1.29, 1.82) is 0 Å². The number of hydrogen-bond donors (Lipinski definition) is 2. The summed E-state index contributed by atoms with van der Waals surface area (Å²) in [6.45, 7) is 0.486. The predicted molar refractivity (Wildman–Crippen MR) is 92.4 cm³/mol. The van der Waals surface area contributed by atoms with Gasteiger partial charge < -0.3 is 5.32 Å². The Labute approximate surface area is 140 Å². The summed E-state index contributed by atoms with van der Waals surface area (Å²) < 4.78 is 24.9. The van der Waals surface area contributed by atoms with Crippen LogP contribution in [0.5, 0.6) is 0 Å². The SMILES string of the molecule is CS(=O)(=O)Nc1cc(C(=O)NCCc2ccccc2)ccc1Cl. The lowest BCUT2D eigenvalue weighted by Crippen LogP contribution is -2.25. The van der Waals surface area contributed by atoms with Gasteiger partial charge in [0.15, 0.2) is 0 Å². The third kappa shape index (κ3) is 5.58. The standard InChI is InChI=1S/C16H17ClN2O3S/c1-23(21,22)19-15-11-13(7-8-14(15)17)16(20)18-10-9-12-5-3-2-4-6-12/h2-8,11,19H,9-10H2,1H3,(H,18,20). The molecule has 0 atom stereocenters. The number of hydrogen-bond acceptors (Lipinski definition) is 3. The molecule has 2 rings (SSSR count). The fourth-order valence-corrected chi connectivity index (χ4v) is 2.80. The van der Waals surface area contributed by atoms with E-state index in [4.69, 9.17) is 11.6 Å². The lowest BCUT2D eigenvalue weighted by atomic mass is 10.1. The van der Waals surface area contributed by atoms with Gasteiger partial charge in [0.25, 0.3) is 5.91 Å². The van der Waals surface area contributed by atoms with Crippen LogP contribution in [-0.4, -0.2) is 27.1 Å². The van der Waals surface area contributed by atoms with Crippen molar-refractivity contribution < 1.29 is 13.2 Å². The molecule has 0 aliphatic rings. The van der Waals surface area contributed by atoms with Gasteiger partial charge in [-0.1, -0.05) is 41.9 Å². The Bertz CT molecular complexity index is 792. The first-order valence-electron chi connectivity index (χ1n) is 6.94. The summed E-state index contributed by atoms with van der Waals surface area (Å²) in [5.41, 5.74) is 1.65. The van der Waals surface area contributed by atoms with Crippen LogP contribution in [0.1, 0.15) is 15.9 Å². The van der Waals surface area contributed by atoms with Crippen LogP contribution in [0.2, 0.25) is 5.02 Å². The highest BCUT2D eigenvalue weighted by Gasteiger charge is 2.11. The molecule has 0 aliphatic heterocycles. The summed E-state index contributed by atoms with van der Waals surface area (Å²) in [5.74, 6) is -0.283. The lowest BCUT2D eigenvalue weighted by molar-refractivity contribution is 0.0954. The Balaban J connectivity index is 2.00. The first kappa shape index (κ1) is 17.3. The number of rotatable bonds is 6. The van der Waals surface area contributed by atoms with E-state index < -0.39 is 10.0 Å². The summed E-state index contributed by atoms with van der Waals surface area (Å²) in [5, 5.41) is 3.03. The van der Waals surface area contributed by atoms with Gasteiger partial charge in [-0.3, -0.25) is 9.52 Å². The fourth-order valence-electron chi connectivity index (χ4n) is 2.01. The van der Waals surface area contributed by atoms with Gasteiger partial charge in [-0.15, -0.1) is 0 Å². The molecule has 0 bridgehead atoms. The zero-order valence-corrected chi connectivity index (χ0v) is 14.1. The summed E-state index contributed by atoms with van der Waals surface area (Å²) in [6, 6.07) is 14.3. The molecule has 5 nitrogen and oxygen atoms in total. The Morgan fingerprint density at radius 2 is 1.83 bits per heavy atom. The number of benzene rings is 2. The maximum Gasteiger partial charge on any atom is 0.251 e. The van der Waals surface area contributed by atoms with Gasteiger partial charge >= 0.3 is 0 Å². The average molecular weight is 353 g/mol. The van der Waals surface area contributed by atoms with Gasteiger partial charge in [0, 0.05) is 12.1 Å². The van der Waals surface area contributed by atoms with Gasteiger partial charge in [-0.05, 0) is 30.2 Å². The third-order valence-electron chi connectivity index (χ3n) is 3.07. The smallest absolute Gasteiger partial charge is 0.251 e. The number of sulfonamides is 1. The number of carbonyl (C=O) groups is 1. The predicted octanol–water partition coefficient (Wildman–Crippen LogP) is 2.68. The zero-order valence-electron chi connectivity index (χ0n) is 12.5. The van der Waals surface area contributed by atoms with Crippen LogP contribution in [0.4, 0.5) is 5.69 Å². The minimum absolute atomic E-state index is 0.185. The number of halogens is 1. The van der Waals surface area contributed by atoms with E-state index in [0.717, 1.165) is 11.8 Å². The van der Waals surface area contributed by atoms with Crippen LogP contribution < -0.4 is 10.0 Å². The van der Waals surface area contributed by atoms with Crippen LogP contribution >= 0.6 is 11.6 Å². The van der Waals surface area contributed by atoms with Gasteiger partial charge in [-0.2, -0.15) is 0 Å². The Kier molecular flexibility index (Phi) is 5.63. The highest BCUT2D eigenvalue weighted by Crippen LogP contribution is 2.23. The van der Waals surface area contributed by atoms with E-state index >= 15 is 0 Å². The molecular weight excluding hydrogens is 336 g/mol. The molecule has 1 amide bonds. The highest BCUT2D eigenvalue weighted by atomic mass is 35.5. The Hall–Kier alpha value is -2.05. The second-order valence-corrected chi connectivity index (χ2v) is 7.22. The van der Waals surface area contributed by atoms with Gasteiger partial charge in [0.1, 0.15) is 0 Å². The first-order chi connectivity index (χ1) is 10.8. The quantitative estimate of drug-likeness (QED) is 0.839. The van der Waals surface area contributed by atoms with Crippen molar-refractivity contribution in [1.82, 2.24) is 5.32 Å². The maximum absolute atomic E-state index is 12.1. The summed E-state index contributed by atoms with van der Waals surface area (Å²) in [4.78, 5) is 12.1. The van der Waals surface area contributed by atoms with E-state index in [0.29, 0.717) is 18.5 Å². The van der Waals surface area contributed by atoms with Crippen molar-refractivity contribution in [3.8, 4) is 0 Å². The van der Waals surface area contributed by atoms with Crippen LogP contribution in [0.25, 0.3) is 0 Å². The topological polar surface area (TPSA) is 75.3 Å². The lowest BCUT2D eigenvalue weighted by Gasteiger charge is -2.09. The minimum Gasteiger partial charge on any atom is -0.352 e. The van der Waals surface area contributed by atoms with E-state index in [1.807, 2.05) is 30.3 Å². The molecule has 0 aromatic heterocycles. The molecule has 0 aliphatic carbocycles. The molecule has 2 aromatic carbocycles. The second-order valence-electron chi connectivity index (χ2n) is 5.06. The molecule has 23 heavy (non-hydrogen) atoms. The summed E-state index contributed by atoms with van der Waals surface area (Å²) in [6.07, 6.45) is 1.74. The highest BCUT2D eigenvalue weighted by molar-refractivity contribution is 7.92. The Morgan fingerprint density at radius 1 is 1.13 bits per heavy atom. The van der Waals surface area contributed by atoms with Gasteiger partial charge in [-0.25, -0.2) is 8.42 Å². The van der Waals surface area contributed by atoms with Crippen molar-refractivity contribution in [3.63, 3.8) is 0 Å². The molecule has 122 valence electrons. The first-order valence-corrected chi connectivity index (χ1v) is 9.21. The largest absolute Gasteiger partial charge is 0.352 e. The monoisotopic (exact) mass is 352 g/mol. The van der Waals surface area contributed by atoms with Crippen molar-refractivity contribution in [2.45, 2.75) is 6.42 Å². The van der Waals surface area contributed by atoms with Crippen LogP contribution in [0.3, 0.4) is 0 Å². The number of nitrogens with one attached hydrogen (secondary N) is 2. The van der Waals surface area contributed by atoms with E-state index in [-0.39, 0.29) is 16.6 Å². The number of amides is 1. The van der Waals surface area contributed by atoms with Crippen LogP contribution in [-0.2, 0) is 16.4 Å². The number of carbonyl (C=O) groups excluding carboxylic acids is 1. The molecule has 0 heterocycles. The minimum atomic E-state index is -3.46. The van der Waals surface area contributed by atoms with E-state index in [2.05, 4.69) is 10.0 Å². The molecular formula is C16H17ClN2O3S. The zero-order chi connectivity index (χ0) is 16.9. The van der Waals surface area contributed by atoms with E-state index in [1.54, 1.807) is 6.07 Å².